The van der Waals surface area contributed by atoms with Crippen LogP contribution in [-0.2, 0) is 20.8 Å². The van der Waals surface area contributed by atoms with Gasteiger partial charge in [-0.3, -0.25) is 4.79 Å². The van der Waals surface area contributed by atoms with Crippen LogP contribution in [0.4, 0.5) is 0 Å². The van der Waals surface area contributed by atoms with E-state index in [4.69, 9.17) is 14.2 Å². The van der Waals surface area contributed by atoms with Gasteiger partial charge in [-0.1, -0.05) is 18.2 Å². The van der Waals surface area contributed by atoms with E-state index in [1.54, 1.807) is 36.4 Å². The molecule has 0 aliphatic carbocycles. The predicted molar refractivity (Wildman–Crippen MR) is 97.3 cm³/mol. The number of amides is 1. The molecule has 0 unspecified atom stereocenters. The van der Waals surface area contributed by atoms with Crippen LogP contribution in [0.1, 0.15) is 22.4 Å². The number of carbonyl (C=O) groups is 2. The van der Waals surface area contributed by atoms with Crippen LogP contribution in [-0.4, -0.2) is 55.2 Å². The molecule has 0 N–H and O–H groups in total. The molecule has 1 aromatic heterocycles. The number of benzene rings is 1. The van der Waals surface area contributed by atoms with Gasteiger partial charge in [-0.15, -0.1) is 11.3 Å². The molecule has 1 amide bonds. The van der Waals surface area contributed by atoms with E-state index in [9.17, 15) is 9.59 Å². The number of aromatic nitrogens is 1. The monoisotopic (exact) mass is 378 g/mol. The van der Waals surface area contributed by atoms with Gasteiger partial charge < -0.3 is 19.1 Å². The van der Waals surface area contributed by atoms with E-state index >= 15 is 0 Å². The normalized spacial score (nSPS) is 10.4. The summed E-state index contributed by atoms with van der Waals surface area (Å²) in [5, 5.41) is 2.28. The summed E-state index contributed by atoms with van der Waals surface area (Å²) in [6.45, 7) is 3.03. The summed E-state index contributed by atoms with van der Waals surface area (Å²) in [4.78, 5) is 30.1. The lowest BCUT2D eigenvalue weighted by atomic mass is 10.3. The zero-order valence-electron chi connectivity index (χ0n) is 14.8. The number of thiazole rings is 1. The molecule has 26 heavy (non-hydrogen) atoms. The van der Waals surface area contributed by atoms with Gasteiger partial charge in [0.1, 0.15) is 10.8 Å². The maximum atomic E-state index is 12.5. The van der Waals surface area contributed by atoms with Gasteiger partial charge in [0.25, 0.3) is 5.91 Å². The highest BCUT2D eigenvalue weighted by Crippen LogP contribution is 2.14. The number of nitrogens with zero attached hydrogens (tertiary/aromatic N) is 2. The zero-order valence-corrected chi connectivity index (χ0v) is 15.7. The summed E-state index contributed by atoms with van der Waals surface area (Å²) in [6, 6.07) is 9.14. The average Bonchev–Trinajstić information content (AvgIpc) is 3.13. The first-order chi connectivity index (χ1) is 12.6. The topological polar surface area (TPSA) is 78.0 Å². The van der Waals surface area contributed by atoms with Crippen molar-refractivity contribution in [1.82, 2.24) is 9.88 Å². The fourth-order valence-electron chi connectivity index (χ4n) is 2.09. The third-order valence-electron chi connectivity index (χ3n) is 3.39. The van der Waals surface area contributed by atoms with Gasteiger partial charge in [-0.2, -0.15) is 0 Å². The van der Waals surface area contributed by atoms with E-state index in [0.717, 1.165) is 0 Å². The van der Waals surface area contributed by atoms with Gasteiger partial charge in [-0.25, -0.2) is 9.78 Å². The molecule has 0 saturated heterocycles. The first kappa shape index (κ1) is 19.9. The van der Waals surface area contributed by atoms with Crippen molar-refractivity contribution in [2.45, 2.75) is 13.5 Å². The van der Waals surface area contributed by atoms with Crippen molar-refractivity contribution in [3.05, 3.63) is 46.4 Å². The van der Waals surface area contributed by atoms with Gasteiger partial charge in [0.05, 0.1) is 19.8 Å². The fraction of sp³-hybridized carbons (Fsp3) is 0.389. The molecule has 2 aromatic rings. The maximum Gasteiger partial charge on any atom is 0.357 e. The van der Waals surface area contributed by atoms with Crippen LogP contribution in [0.15, 0.2) is 35.7 Å². The second-order valence-electron chi connectivity index (χ2n) is 5.26. The molecule has 7 nitrogen and oxygen atoms in total. The van der Waals surface area contributed by atoms with Crippen molar-refractivity contribution >= 4 is 23.2 Å². The summed E-state index contributed by atoms with van der Waals surface area (Å²) < 4.78 is 15.5. The van der Waals surface area contributed by atoms with Gasteiger partial charge >= 0.3 is 5.97 Å². The molecule has 0 aliphatic heterocycles. The number of hydrogen-bond donors (Lipinski definition) is 0. The highest BCUT2D eigenvalue weighted by molar-refractivity contribution is 7.09. The molecular formula is C18H22N2O5S. The van der Waals surface area contributed by atoms with Crippen LogP contribution in [0.25, 0.3) is 0 Å². The molecule has 0 aliphatic rings. The standard InChI is InChI=1S/C18H22N2O5S/c1-3-24-18(22)15-13-26-16(19-15)11-20(9-10-23-2)17(21)12-25-14-7-5-4-6-8-14/h4-8,13H,3,9-12H2,1-2H3. The van der Waals surface area contributed by atoms with Crippen molar-refractivity contribution in [3.63, 3.8) is 0 Å². The Kier molecular flexibility index (Phi) is 8.04. The summed E-state index contributed by atoms with van der Waals surface area (Å²) >= 11 is 1.31. The first-order valence-electron chi connectivity index (χ1n) is 8.20. The molecular weight excluding hydrogens is 356 g/mol. The Morgan fingerprint density at radius 3 is 2.69 bits per heavy atom. The van der Waals surface area contributed by atoms with E-state index in [0.29, 0.717) is 30.5 Å². The van der Waals surface area contributed by atoms with Gasteiger partial charge in [0.2, 0.25) is 0 Å². The number of methoxy groups -OCH3 is 1. The van der Waals surface area contributed by atoms with E-state index in [1.165, 1.54) is 11.3 Å². The Morgan fingerprint density at radius 2 is 2.00 bits per heavy atom. The number of esters is 1. The summed E-state index contributed by atoms with van der Waals surface area (Å²) in [7, 11) is 1.57. The second-order valence-corrected chi connectivity index (χ2v) is 6.20. The molecule has 1 aromatic carbocycles. The van der Waals surface area contributed by atoms with Crippen LogP contribution in [0.5, 0.6) is 5.75 Å². The Hall–Kier alpha value is -2.45. The van der Waals surface area contributed by atoms with Crippen molar-refractivity contribution in [1.29, 1.82) is 0 Å². The molecule has 0 radical (unpaired) electrons. The molecule has 0 spiro atoms. The van der Waals surface area contributed by atoms with E-state index in [1.807, 2.05) is 18.2 Å². The van der Waals surface area contributed by atoms with Gasteiger partial charge in [-0.05, 0) is 19.1 Å². The maximum absolute atomic E-state index is 12.5. The first-order valence-corrected chi connectivity index (χ1v) is 9.08. The van der Waals surface area contributed by atoms with Crippen molar-refractivity contribution in [2.75, 3.05) is 33.5 Å². The zero-order chi connectivity index (χ0) is 18.8. The number of carbonyl (C=O) groups excluding carboxylic acids is 2. The third kappa shape index (κ3) is 6.12. The van der Waals surface area contributed by atoms with Crippen LogP contribution < -0.4 is 4.74 Å². The number of para-hydroxylation sites is 1. The summed E-state index contributed by atoms with van der Waals surface area (Å²) in [6.07, 6.45) is 0. The minimum atomic E-state index is -0.461. The molecule has 0 bridgehead atoms. The largest absolute Gasteiger partial charge is 0.484 e. The molecule has 0 saturated carbocycles. The lowest BCUT2D eigenvalue weighted by molar-refractivity contribution is -0.134. The van der Waals surface area contributed by atoms with Crippen LogP contribution in [0.2, 0.25) is 0 Å². The number of hydrogen-bond acceptors (Lipinski definition) is 7. The van der Waals surface area contributed by atoms with Gasteiger partial charge in [0.15, 0.2) is 12.3 Å². The minimum Gasteiger partial charge on any atom is -0.484 e. The summed E-state index contributed by atoms with van der Waals surface area (Å²) in [5.41, 5.74) is 0.256. The number of rotatable bonds is 10. The predicted octanol–water partition coefficient (Wildman–Crippen LogP) is 2.37. The Labute approximate surface area is 156 Å². The van der Waals surface area contributed by atoms with Crippen LogP contribution in [0, 0.1) is 0 Å². The molecule has 2 rings (SSSR count). The molecule has 0 atom stereocenters. The molecule has 0 fully saturated rings. The Bertz CT molecular complexity index is 705. The minimum absolute atomic E-state index is 0.0795. The lowest BCUT2D eigenvalue weighted by Crippen LogP contribution is -2.36. The summed E-state index contributed by atoms with van der Waals surface area (Å²) in [5.74, 6) is -0.0117. The average molecular weight is 378 g/mol. The Balaban J connectivity index is 1.97. The second kappa shape index (κ2) is 10.5. The highest BCUT2D eigenvalue weighted by atomic mass is 32.1. The molecule has 1 heterocycles. The molecule has 8 heteroatoms. The van der Waals surface area contributed by atoms with Gasteiger partial charge in [0, 0.05) is 19.0 Å². The fourth-order valence-corrected chi connectivity index (χ4v) is 2.87. The highest BCUT2D eigenvalue weighted by Gasteiger charge is 2.18. The van der Waals surface area contributed by atoms with Crippen LogP contribution >= 0.6 is 11.3 Å². The van der Waals surface area contributed by atoms with E-state index in [-0.39, 0.29) is 24.8 Å². The van der Waals surface area contributed by atoms with Crippen LogP contribution in [0.3, 0.4) is 0 Å². The number of ether oxygens (including phenoxy) is 3. The van der Waals surface area contributed by atoms with Crippen molar-refractivity contribution < 1.29 is 23.8 Å². The SMILES string of the molecule is CCOC(=O)c1csc(CN(CCOC)C(=O)COc2ccccc2)n1. The smallest absolute Gasteiger partial charge is 0.357 e. The van der Waals surface area contributed by atoms with E-state index < -0.39 is 5.97 Å². The van der Waals surface area contributed by atoms with Crippen molar-refractivity contribution in [2.24, 2.45) is 0 Å². The van der Waals surface area contributed by atoms with E-state index in [2.05, 4.69) is 4.98 Å². The quantitative estimate of drug-likeness (QED) is 0.591. The van der Waals surface area contributed by atoms with Crippen molar-refractivity contribution in [3.8, 4) is 5.75 Å². The lowest BCUT2D eigenvalue weighted by Gasteiger charge is -2.21. The molecule has 140 valence electrons. The third-order valence-corrected chi connectivity index (χ3v) is 4.22. The Morgan fingerprint density at radius 1 is 1.23 bits per heavy atom.